The highest BCUT2D eigenvalue weighted by Crippen LogP contribution is 2.10. The predicted octanol–water partition coefficient (Wildman–Crippen LogP) is 0.949. The highest BCUT2D eigenvalue weighted by Gasteiger charge is 2.21. The van der Waals surface area contributed by atoms with Gasteiger partial charge in [-0.1, -0.05) is 0 Å². The van der Waals surface area contributed by atoms with Crippen LogP contribution in [0.15, 0.2) is 0 Å². The molecule has 0 N–H and O–H groups in total. The van der Waals surface area contributed by atoms with E-state index in [0.29, 0.717) is 6.42 Å². The summed E-state index contributed by atoms with van der Waals surface area (Å²) in [5, 5.41) is 1.46. The van der Waals surface area contributed by atoms with Gasteiger partial charge < -0.3 is 0 Å². The minimum absolute atomic E-state index is 0.113. The summed E-state index contributed by atoms with van der Waals surface area (Å²) in [5.74, 6) is 0.119. The zero-order valence-corrected chi connectivity index (χ0v) is 6.46. The lowest BCUT2D eigenvalue weighted by Crippen LogP contribution is -2.28. The van der Waals surface area contributed by atoms with Gasteiger partial charge in [-0.15, -0.1) is 0 Å². The molecule has 0 aromatic carbocycles. The number of carbonyl (C=O) groups is 1. The molecule has 58 valence electrons. The molecule has 1 saturated heterocycles. The Morgan fingerprint density at radius 1 is 1.60 bits per heavy atom. The lowest BCUT2D eigenvalue weighted by Gasteiger charge is -2.17. The van der Waals surface area contributed by atoms with Crippen LogP contribution in [0.25, 0.3) is 0 Å². The lowest BCUT2D eigenvalue weighted by molar-refractivity contribution is -0.191. The summed E-state index contributed by atoms with van der Waals surface area (Å²) in [6.45, 7) is 4.61. The maximum atomic E-state index is 10.9. The van der Waals surface area contributed by atoms with Crippen molar-refractivity contribution in [2.75, 3.05) is 6.54 Å². The van der Waals surface area contributed by atoms with E-state index >= 15 is 0 Å². The third-order valence-electron chi connectivity index (χ3n) is 1.37. The highest BCUT2D eigenvalue weighted by atomic mass is 16.7. The molecule has 0 aromatic heterocycles. The quantitative estimate of drug-likeness (QED) is 0.576. The van der Waals surface area contributed by atoms with E-state index in [0.717, 1.165) is 13.0 Å². The number of nitrogens with zero attached hydrogens (tertiary/aromatic N) is 1. The summed E-state index contributed by atoms with van der Waals surface area (Å²) in [5.41, 5.74) is 0. The molecule has 0 saturated carbocycles. The molecule has 1 amide bonds. The normalized spacial score (nSPS) is 19.1. The highest BCUT2D eigenvalue weighted by molar-refractivity contribution is 5.76. The van der Waals surface area contributed by atoms with Gasteiger partial charge in [0, 0.05) is 13.0 Å². The molecule has 3 heteroatoms. The molecule has 0 aliphatic carbocycles. The summed E-state index contributed by atoms with van der Waals surface area (Å²) in [6.07, 6.45) is 1.69. The molecule has 0 radical (unpaired) electrons. The number of hydrogen-bond acceptors (Lipinski definition) is 2. The van der Waals surface area contributed by atoms with Crippen LogP contribution in [0.1, 0.15) is 26.7 Å². The van der Waals surface area contributed by atoms with E-state index in [1.54, 1.807) is 0 Å². The topological polar surface area (TPSA) is 29.5 Å². The zero-order chi connectivity index (χ0) is 7.56. The molecular weight excluding hydrogens is 130 g/mol. The summed E-state index contributed by atoms with van der Waals surface area (Å²) >= 11 is 0. The molecular formula is C7H13NO2. The van der Waals surface area contributed by atoms with Gasteiger partial charge in [-0.05, 0) is 20.3 Å². The Morgan fingerprint density at radius 2 is 2.30 bits per heavy atom. The van der Waals surface area contributed by atoms with Gasteiger partial charge in [0.25, 0.3) is 0 Å². The number of rotatable bonds is 2. The van der Waals surface area contributed by atoms with Crippen LogP contribution >= 0.6 is 0 Å². The fraction of sp³-hybridized carbons (Fsp3) is 0.857. The smallest absolute Gasteiger partial charge is 0.246 e. The van der Waals surface area contributed by atoms with Gasteiger partial charge >= 0.3 is 0 Å². The number of carbonyl (C=O) groups excluding carboxylic acids is 1. The Kier molecular flexibility index (Phi) is 2.27. The lowest BCUT2D eigenvalue weighted by atomic mass is 10.4. The van der Waals surface area contributed by atoms with Crippen molar-refractivity contribution in [1.29, 1.82) is 0 Å². The van der Waals surface area contributed by atoms with E-state index < -0.39 is 0 Å². The molecule has 0 unspecified atom stereocenters. The van der Waals surface area contributed by atoms with Gasteiger partial charge in [0.15, 0.2) is 0 Å². The average Bonchev–Trinajstić information content (AvgIpc) is 2.15. The minimum atomic E-state index is 0.113. The summed E-state index contributed by atoms with van der Waals surface area (Å²) in [6, 6.07) is 0. The van der Waals surface area contributed by atoms with Gasteiger partial charge in [-0.2, -0.15) is 0 Å². The van der Waals surface area contributed by atoms with E-state index in [9.17, 15) is 4.79 Å². The third-order valence-corrected chi connectivity index (χ3v) is 1.37. The molecule has 0 aromatic rings. The van der Waals surface area contributed by atoms with Crippen molar-refractivity contribution in [3.05, 3.63) is 0 Å². The summed E-state index contributed by atoms with van der Waals surface area (Å²) < 4.78 is 0. The second-order valence-electron chi connectivity index (χ2n) is 2.75. The first kappa shape index (κ1) is 7.54. The maximum absolute atomic E-state index is 10.9. The number of hydroxylamine groups is 2. The van der Waals surface area contributed by atoms with E-state index in [2.05, 4.69) is 0 Å². The fourth-order valence-corrected chi connectivity index (χ4v) is 0.989. The Labute approximate surface area is 60.9 Å². The molecule has 1 fully saturated rings. The van der Waals surface area contributed by atoms with E-state index in [-0.39, 0.29) is 12.0 Å². The van der Waals surface area contributed by atoms with E-state index in [1.807, 2.05) is 13.8 Å². The van der Waals surface area contributed by atoms with E-state index in [1.165, 1.54) is 5.06 Å². The van der Waals surface area contributed by atoms with Gasteiger partial charge in [0.05, 0.1) is 6.10 Å². The second-order valence-corrected chi connectivity index (χ2v) is 2.75. The molecule has 1 rings (SSSR count). The van der Waals surface area contributed by atoms with Crippen LogP contribution in [0.4, 0.5) is 0 Å². The third kappa shape index (κ3) is 1.70. The maximum Gasteiger partial charge on any atom is 0.246 e. The zero-order valence-electron chi connectivity index (χ0n) is 6.46. The number of hydrogen-bond donors (Lipinski definition) is 0. The van der Waals surface area contributed by atoms with Crippen molar-refractivity contribution in [3.8, 4) is 0 Å². The summed E-state index contributed by atoms with van der Waals surface area (Å²) in [7, 11) is 0. The standard InChI is InChI=1S/C7H13NO2/c1-6(2)10-8-5-3-4-7(8)9/h6H,3-5H2,1-2H3. The molecule has 10 heavy (non-hydrogen) atoms. The van der Waals surface area contributed by atoms with Gasteiger partial charge in [-0.25, -0.2) is 5.06 Å². The van der Waals surface area contributed by atoms with Crippen LogP contribution in [-0.2, 0) is 9.63 Å². The van der Waals surface area contributed by atoms with Crippen molar-refractivity contribution < 1.29 is 9.63 Å². The van der Waals surface area contributed by atoms with Crippen LogP contribution in [0, 0.1) is 0 Å². The van der Waals surface area contributed by atoms with Crippen LogP contribution in [0.3, 0.4) is 0 Å². The second kappa shape index (κ2) is 3.01. The first-order valence-electron chi connectivity index (χ1n) is 3.67. The predicted molar refractivity (Wildman–Crippen MR) is 37.2 cm³/mol. The van der Waals surface area contributed by atoms with Crippen LogP contribution in [-0.4, -0.2) is 23.6 Å². The summed E-state index contributed by atoms with van der Waals surface area (Å²) in [4.78, 5) is 16.1. The largest absolute Gasteiger partial charge is 0.273 e. The molecule has 3 nitrogen and oxygen atoms in total. The first-order chi connectivity index (χ1) is 4.70. The molecule has 0 spiro atoms. The minimum Gasteiger partial charge on any atom is -0.273 e. The van der Waals surface area contributed by atoms with Gasteiger partial charge in [0.1, 0.15) is 0 Å². The van der Waals surface area contributed by atoms with Gasteiger partial charge in [-0.3, -0.25) is 9.63 Å². The van der Waals surface area contributed by atoms with Crippen molar-refractivity contribution in [3.63, 3.8) is 0 Å². The van der Waals surface area contributed by atoms with Crippen LogP contribution in [0.2, 0.25) is 0 Å². The fourth-order valence-electron chi connectivity index (χ4n) is 0.989. The Morgan fingerprint density at radius 3 is 2.70 bits per heavy atom. The molecule has 1 aliphatic rings. The molecule has 0 atom stereocenters. The van der Waals surface area contributed by atoms with Gasteiger partial charge in [0.2, 0.25) is 5.91 Å². The van der Waals surface area contributed by atoms with Crippen molar-refractivity contribution in [2.45, 2.75) is 32.8 Å². The molecule has 0 bridgehead atoms. The van der Waals surface area contributed by atoms with Crippen molar-refractivity contribution >= 4 is 5.91 Å². The first-order valence-corrected chi connectivity index (χ1v) is 3.67. The Hall–Kier alpha value is -0.570. The monoisotopic (exact) mass is 143 g/mol. The Bertz CT molecular complexity index is 134. The Balaban J connectivity index is 2.33. The average molecular weight is 143 g/mol. The van der Waals surface area contributed by atoms with E-state index in [4.69, 9.17) is 4.84 Å². The van der Waals surface area contributed by atoms with Crippen LogP contribution in [0.5, 0.6) is 0 Å². The van der Waals surface area contributed by atoms with Crippen molar-refractivity contribution in [2.24, 2.45) is 0 Å². The number of amides is 1. The molecule has 1 heterocycles. The SMILES string of the molecule is CC(C)ON1CCCC1=O. The molecule has 1 aliphatic heterocycles. The van der Waals surface area contributed by atoms with Crippen molar-refractivity contribution in [1.82, 2.24) is 5.06 Å². The van der Waals surface area contributed by atoms with Crippen LogP contribution < -0.4 is 0 Å².